The molecule has 0 saturated carbocycles. The normalized spacial score (nSPS) is 13.9. The molecule has 1 atom stereocenters. The number of nitrogens with zero attached hydrogens (tertiary/aromatic N) is 1. The largest absolute Gasteiger partial charge is 0.306 e. The summed E-state index contributed by atoms with van der Waals surface area (Å²) in [5.74, 6) is 0. The van der Waals surface area contributed by atoms with Crippen LogP contribution < -0.4 is 0 Å². The molecule has 11 heavy (non-hydrogen) atoms. The van der Waals surface area contributed by atoms with Gasteiger partial charge in [0.05, 0.1) is 6.67 Å². The van der Waals surface area contributed by atoms with Gasteiger partial charge >= 0.3 is 0 Å². The molecule has 68 valence electrons. The summed E-state index contributed by atoms with van der Waals surface area (Å²) in [6, 6.07) is 0. The summed E-state index contributed by atoms with van der Waals surface area (Å²) in [6.07, 6.45) is 1.61. The fraction of sp³-hybridized carbons (Fsp3) is 1.00. The second-order valence-electron chi connectivity index (χ2n) is 2.92. The fourth-order valence-electron chi connectivity index (χ4n) is 0.840. The predicted octanol–water partition coefficient (Wildman–Crippen LogP) is 2.30. The Balaban J connectivity index is 3.15. The first kappa shape index (κ1) is 11.2. The van der Waals surface area contributed by atoms with E-state index in [9.17, 15) is 4.39 Å². The van der Waals surface area contributed by atoms with E-state index in [1.54, 1.807) is 0 Å². The standard InChI is InChI=1S/C8H17ClFN/c1-8(9)4-7-11(2)6-3-5-10/h8H,3-7H2,1-2H3. The van der Waals surface area contributed by atoms with E-state index < -0.39 is 0 Å². The second-order valence-corrected chi connectivity index (χ2v) is 3.66. The van der Waals surface area contributed by atoms with Gasteiger partial charge in [0.1, 0.15) is 0 Å². The lowest BCUT2D eigenvalue weighted by molar-refractivity contribution is 0.305. The number of hydrogen-bond donors (Lipinski definition) is 0. The first-order valence-corrected chi connectivity index (χ1v) is 4.49. The third-order valence-corrected chi connectivity index (χ3v) is 1.80. The third kappa shape index (κ3) is 8.08. The number of halogens is 2. The molecule has 0 spiro atoms. The van der Waals surface area contributed by atoms with Gasteiger partial charge in [-0.1, -0.05) is 0 Å². The predicted molar refractivity (Wildman–Crippen MR) is 48.0 cm³/mol. The van der Waals surface area contributed by atoms with Crippen LogP contribution in [-0.4, -0.2) is 37.1 Å². The maximum absolute atomic E-state index is 11.7. The van der Waals surface area contributed by atoms with Crippen molar-refractivity contribution >= 4 is 11.6 Å². The zero-order chi connectivity index (χ0) is 8.69. The Bertz CT molecular complexity index is 88.2. The lowest BCUT2D eigenvalue weighted by atomic mass is 10.3. The van der Waals surface area contributed by atoms with Crippen LogP contribution in [0.3, 0.4) is 0 Å². The molecule has 0 bridgehead atoms. The molecule has 0 radical (unpaired) electrons. The summed E-state index contributed by atoms with van der Waals surface area (Å²) in [5, 5.41) is 0.225. The Morgan fingerprint density at radius 1 is 1.45 bits per heavy atom. The van der Waals surface area contributed by atoms with Gasteiger partial charge in [0, 0.05) is 11.9 Å². The molecule has 0 aromatic heterocycles. The van der Waals surface area contributed by atoms with Gasteiger partial charge in [0.2, 0.25) is 0 Å². The van der Waals surface area contributed by atoms with Gasteiger partial charge in [0.15, 0.2) is 0 Å². The van der Waals surface area contributed by atoms with Crippen LogP contribution in [0, 0.1) is 0 Å². The monoisotopic (exact) mass is 181 g/mol. The summed E-state index contributed by atoms with van der Waals surface area (Å²) in [7, 11) is 1.99. The average molecular weight is 182 g/mol. The molecule has 0 aliphatic heterocycles. The van der Waals surface area contributed by atoms with Crippen LogP contribution in [-0.2, 0) is 0 Å². The fourth-order valence-corrected chi connectivity index (χ4v) is 0.937. The molecule has 0 rings (SSSR count). The van der Waals surface area contributed by atoms with Gasteiger partial charge in [-0.05, 0) is 33.4 Å². The van der Waals surface area contributed by atoms with E-state index in [1.807, 2.05) is 14.0 Å². The number of rotatable bonds is 6. The second kappa shape index (κ2) is 6.86. The zero-order valence-electron chi connectivity index (χ0n) is 7.32. The Hall–Kier alpha value is 0.180. The molecular weight excluding hydrogens is 165 g/mol. The Labute approximate surface area is 73.5 Å². The highest BCUT2D eigenvalue weighted by Gasteiger charge is 2.00. The van der Waals surface area contributed by atoms with Gasteiger partial charge in [-0.2, -0.15) is 0 Å². The van der Waals surface area contributed by atoms with Gasteiger partial charge in [-0.3, -0.25) is 4.39 Å². The van der Waals surface area contributed by atoms with Gasteiger partial charge in [-0.15, -0.1) is 11.6 Å². The molecule has 0 fully saturated rings. The summed E-state index contributed by atoms with van der Waals surface area (Å²) >= 11 is 5.76. The SMILES string of the molecule is CC(Cl)CCN(C)CCCF. The summed E-state index contributed by atoms with van der Waals surface area (Å²) in [4.78, 5) is 2.11. The van der Waals surface area contributed by atoms with Crippen LogP contribution >= 0.6 is 11.6 Å². The van der Waals surface area contributed by atoms with Crippen molar-refractivity contribution in [3.8, 4) is 0 Å². The molecule has 0 aliphatic carbocycles. The Kier molecular flexibility index (Phi) is 6.98. The highest BCUT2D eigenvalue weighted by atomic mass is 35.5. The van der Waals surface area contributed by atoms with E-state index in [0.717, 1.165) is 19.5 Å². The van der Waals surface area contributed by atoms with E-state index >= 15 is 0 Å². The first-order valence-electron chi connectivity index (χ1n) is 4.05. The van der Waals surface area contributed by atoms with Crippen molar-refractivity contribution < 1.29 is 4.39 Å². The van der Waals surface area contributed by atoms with Gasteiger partial charge in [0.25, 0.3) is 0 Å². The lowest BCUT2D eigenvalue weighted by Gasteiger charge is -2.15. The minimum absolute atomic E-state index is 0.221. The van der Waals surface area contributed by atoms with Crippen LogP contribution in [0.15, 0.2) is 0 Å². The minimum atomic E-state index is -0.221. The lowest BCUT2D eigenvalue weighted by Crippen LogP contribution is -2.22. The Morgan fingerprint density at radius 3 is 2.55 bits per heavy atom. The number of alkyl halides is 2. The topological polar surface area (TPSA) is 3.24 Å². The van der Waals surface area contributed by atoms with Crippen molar-refractivity contribution in [3.05, 3.63) is 0 Å². The summed E-state index contributed by atoms with van der Waals surface area (Å²) < 4.78 is 11.7. The van der Waals surface area contributed by atoms with E-state index in [4.69, 9.17) is 11.6 Å². The van der Waals surface area contributed by atoms with Crippen LogP contribution in [0.4, 0.5) is 4.39 Å². The molecule has 0 aromatic carbocycles. The molecule has 0 amide bonds. The van der Waals surface area contributed by atoms with E-state index in [1.165, 1.54) is 0 Å². The molecular formula is C8H17ClFN. The molecule has 1 unspecified atom stereocenters. The summed E-state index contributed by atoms with van der Waals surface area (Å²) in [6.45, 7) is 3.55. The highest BCUT2D eigenvalue weighted by molar-refractivity contribution is 6.20. The van der Waals surface area contributed by atoms with Crippen molar-refractivity contribution in [3.63, 3.8) is 0 Å². The van der Waals surface area contributed by atoms with Crippen LogP contribution in [0.1, 0.15) is 19.8 Å². The van der Waals surface area contributed by atoms with Crippen molar-refractivity contribution in [2.24, 2.45) is 0 Å². The number of hydrogen-bond acceptors (Lipinski definition) is 1. The highest BCUT2D eigenvalue weighted by Crippen LogP contribution is 2.01. The minimum Gasteiger partial charge on any atom is -0.306 e. The van der Waals surface area contributed by atoms with Crippen molar-refractivity contribution in [1.29, 1.82) is 0 Å². The van der Waals surface area contributed by atoms with Gasteiger partial charge in [-0.25, -0.2) is 0 Å². The first-order chi connectivity index (χ1) is 5.16. The smallest absolute Gasteiger partial charge is 0.0906 e. The maximum Gasteiger partial charge on any atom is 0.0906 e. The molecule has 0 saturated heterocycles. The van der Waals surface area contributed by atoms with E-state index in [-0.39, 0.29) is 12.1 Å². The molecule has 0 aromatic rings. The van der Waals surface area contributed by atoms with E-state index in [2.05, 4.69) is 4.90 Å². The van der Waals surface area contributed by atoms with Crippen molar-refractivity contribution in [2.45, 2.75) is 25.1 Å². The third-order valence-electron chi connectivity index (χ3n) is 1.58. The van der Waals surface area contributed by atoms with Crippen LogP contribution in [0.5, 0.6) is 0 Å². The quantitative estimate of drug-likeness (QED) is 0.569. The van der Waals surface area contributed by atoms with Crippen LogP contribution in [0.2, 0.25) is 0 Å². The van der Waals surface area contributed by atoms with Crippen molar-refractivity contribution in [2.75, 3.05) is 26.8 Å². The molecule has 3 heteroatoms. The van der Waals surface area contributed by atoms with Gasteiger partial charge < -0.3 is 4.90 Å². The maximum atomic E-state index is 11.7. The molecule has 0 N–H and O–H groups in total. The average Bonchev–Trinajstić information content (AvgIpc) is 1.97. The molecule has 0 aliphatic rings. The zero-order valence-corrected chi connectivity index (χ0v) is 8.07. The molecule has 0 heterocycles. The molecule has 1 nitrogen and oxygen atoms in total. The van der Waals surface area contributed by atoms with E-state index in [0.29, 0.717) is 6.42 Å². The van der Waals surface area contributed by atoms with Crippen molar-refractivity contribution in [1.82, 2.24) is 4.90 Å². The Morgan fingerprint density at radius 2 is 2.09 bits per heavy atom. The summed E-state index contributed by atoms with van der Waals surface area (Å²) in [5.41, 5.74) is 0. The van der Waals surface area contributed by atoms with Crippen LogP contribution in [0.25, 0.3) is 0 Å².